The third-order valence-corrected chi connectivity index (χ3v) is 3.22. The summed E-state index contributed by atoms with van der Waals surface area (Å²) in [7, 11) is 0. The predicted octanol–water partition coefficient (Wildman–Crippen LogP) is 3.44. The lowest BCUT2D eigenvalue weighted by atomic mass is 10.1. The highest BCUT2D eigenvalue weighted by molar-refractivity contribution is 6.30. The lowest BCUT2D eigenvalue weighted by Crippen LogP contribution is -2.11. The molecular formula is C15H12ClN3O. The predicted molar refractivity (Wildman–Crippen MR) is 77.2 cm³/mol. The van der Waals surface area contributed by atoms with Gasteiger partial charge in [-0.1, -0.05) is 47.1 Å². The summed E-state index contributed by atoms with van der Waals surface area (Å²) in [5.74, 6) is 0.893. The third kappa shape index (κ3) is 2.57. The number of halogens is 1. The maximum Gasteiger partial charge on any atom is 0.248 e. The van der Waals surface area contributed by atoms with Crippen LogP contribution in [0.4, 0.5) is 0 Å². The Morgan fingerprint density at radius 3 is 2.40 bits per heavy atom. The van der Waals surface area contributed by atoms with Crippen molar-refractivity contribution in [2.24, 2.45) is 5.73 Å². The van der Waals surface area contributed by atoms with Crippen LogP contribution in [0.3, 0.4) is 0 Å². The van der Waals surface area contributed by atoms with E-state index < -0.39 is 6.04 Å². The van der Waals surface area contributed by atoms with Gasteiger partial charge in [0.2, 0.25) is 11.7 Å². The molecule has 0 fully saturated rings. The van der Waals surface area contributed by atoms with Crippen molar-refractivity contribution in [1.29, 1.82) is 0 Å². The van der Waals surface area contributed by atoms with Crippen LogP contribution in [0, 0.1) is 0 Å². The van der Waals surface area contributed by atoms with Crippen molar-refractivity contribution in [1.82, 2.24) is 10.1 Å². The molecule has 5 heteroatoms. The molecule has 1 heterocycles. The van der Waals surface area contributed by atoms with E-state index in [9.17, 15) is 0 Å². The van der Waals surface area contributed by atoms with Gasteiger partial charge in [-0.25, -0.2) is 0 Å². The van der Waals surface area contributed by atoms with E-state index in [1.54, 1.807) is 12.1 Å². The minimum atomic E-state index is -0.426. The zero-order chi connectivity index (χ0) is 13.9. The number of rotatable bonds is 3. The SMILES string of the molecule is N[C@H](c1ccccc1)c1nc(-c2ccc(Cl)cc2)no1. The average molecular weight is 286 g/mol. The van der Waals surface area contributed by atoms with Crippen molar-refractivity contribution in [3.63, 3.8) is 0 Å². The fourth-order valence-electron chi connectivity index (χ4n) is 1.88. The Morgan fingerprint density at radius 1 is 1.00 bits per heavy atom. The van der Waals surface area contributed by atoms with Crippen LogP contribution in [-0.2, 0) is 0 Å². The Labute approximate surface area is 121 Å². The molecule has 100 valence electrons. The fraction of sp³-hybridized carbons (Fsp3) is 0.0667. The lowest BCUT2D eigenvalue weighted by Gasteiger charge is -2.05. The van der Waals surface area contributed by atoms with Crippen molar-refractivity contribution in [2.45, 2.75) is 6.04 Å². The summed E-state index contributed by atoms with van der Waals surface area (Å²) < 4.78 is 5.25. The summed E-state index contributed by atoms with van der Waals surface area (Å²) in [4.78, 5) is 4.34. The van der Waals surface area contributed by atoms with E-state index in [0.29, 0.717) is 16.7 Å². The Bertz CT molecular complexity index is 695. The van der Waals surface area contributed by atoms with Gasteiger partial charge in [0.1, 0.15) is 6.04 Å². The maximum atomic E-state index is 6.11. The van der Waals surface area contributed by atoms with E-state index in [4.69, 9.17) is 21.9 Å². The number of hydrogen-bond acceptors (Lipinski definition) is 4. The highest BCUT2D eigenvalue weighted by Crippen LogP contribution is 2.22. The molecule has 0 unspecified atom stereocenters. The second kappa shape index (κ2) is 5.45. The van der Waals surface area contributed by atoms with Gasteiger partial charge in [-0.05, 0) is 29.8 Å². The van der Waals surface area contributed by atoms with Gasteiger partial charge in [0.05, 0.1) is 0 Å². The number of aromatic nitrogens is 2. The van der Waals surface area contributed by atoms with Crippen LogP contribution >= 0.6 is 11.6 Å². The quantitative estimate of drug-likeness (QED) is 0.800. The number of benzene rings is 2. The van der Waals surface area contributed by atoms with Gasteiger partial charge in [0.25, 0.3) is 0 Å². The van der Waals surface area contributed by atoms with E-state index in [-0.39, 0.29) is 0 Å². The molecule has 0 aliphatic carbocycles. The van der Waals surface area contributed by atoms with Crippen LogP contribution in [-0.4, -0.2) is 10.1 Å². The van der Waals surface area contributed by atoms with E-state index >= 15 is 0 Å². The molecule has 0 spiro atoms. The van der Waals surface area contributed by atoms with Gasteiger partial charge >= 0.3 is 0 Å². The van der Waals surface area contributed by atoms with Crippen molar-refractivity contribution in [3.8, 4) is 11.4 Å². The van der Waals surface area contributed by atoms with E-state index in [1.165, 1.54) is 0 Å². The van der Waals surface area contributed by atoms with Gasteiger partial charge in [-0.3, -0.25) is 0 Å². The first-order valence-corrected chi connectivity index (χ1v) is 6.52. The number of nitrogens with zero attached hydrogens (tertiary/aromatic N) is 2. The zero-order valence-corrected chi connectivity index (χ0v) is 11.3. The first-order valence-electron chi connectivity index (χ1n) is 6.14. The standard InChI is InChI=1S/C15H12ClN3O/c16-12-8-6-11(7-9-12)14-18-15(20-19-14)13(17)10-4-2-1-3-5-10/h1-9,13H,17H2/t13-/m1/s1. The molecule has 0 aliphatic rings. The first kappa shape index (κ1) is 12.8. The molecule has 3 rings (SSSR count). The molecular weight excluding hydrogens is 274 g/mol. The van der Waals surface area contributed by atoms with E-state index in [1.807, 2.05) is 42.5 Å². The summed E-state index contributed by atoms with van der Waals surface area (Å²) in [5, 5.41) is 4.62. The third-order valence-electron chi connectivity index (χ3n) is 2.97. The topological polar surface area (TPSA) is 64.9 Å². The summed E-state index contributed by atoms with van der Waals surface area (Å²) >= 11 is 5.85. The largest absolute Gasteiger partial charge is 0.337 e. The van der Waals surface area contributed by atoms with Gasteiger partial charge in [0, 0.05) is 10.6 Å². The molecule has 2 aromatic carbocycles. The molecule has 0 saturated heterocycles. The number of nitrogens with two attached hydrogens (primary N) is 1. The highest BCUT2D eigenvalue weighted by Gasteiger charge is 2.17. The van der Waals surface area contributed by atoms with Gasteiger partial charge in [-0.15, -0.1) is 0 Å². The Kier molecular flexibility index (Phi) is 3.50. The second-order valence-electron chi connectivity index (χ2n) is 4.35. The zero-order valence-electron chi connectivity index (χ0n) is 10.5. The minimum Gasteiger partial charge on any atom is -0.337 e. The Balaban J connectivity index is 1.89. The Hall–Kier alpha value is -2.17. The molecule has 1 aromatic heterocycles. The monoisotopic (exact) mass is 285 g/mol. The lowest BCUT2D eigenvalue weighted by molar-refractivity contribution is 0.367. The average Bonchev–Trinajstić information content (AvgIpc) is 2.98. The molecule has 20 heavy (non-hydrogen) atoms. The summed E-state index contributed by atoms with van der Waals surface area (Å²) in [6.45, 7) is 0. The molecule has 0 radical (unpaired) electrons. The molecule has 0 aliphatic heterocycles. The molecule has 0 amide bonds. The molecule has 0 saturated carbocycles. The maximum absolute atomic E-state index is 6.11. The van der Waals surface area contributed by atoms with Crippen molar-refractivity contribution in [2.75, 3.05) is 0 Å². The molecule has 3 aromatic rings. The summed E-state index contributed by atoms with van der Waals surface area (Å²) in [5.41, 5.74) is 7.88. The Morgan fingerprint density at radius 2 is 1.70 bits per heavy atom. The summed E-state index contributed by atoms with van der Waals surface area (Å²) in [6, 6.07) is 16.4. The summed E-state index contributed by atoms with van der Waals surface area (Å²) in [6.07, 6.45) is 0. The number of hydrogen-bond donors (Lipinski definition) is 1. The van der Waals surface area contributed by atoms with Crippen molar-refractivity contribution < 1.29 is 4.52 Å². The van der Waals surface area contributed by atoms with Crippen LogP contribution in [0.15, 0.2) is 59.1 Å². The molecule has 4 nitrogen and oxygen atoms in total. The molecule has 2 N–H and O–H groups in total. The van der Waals surface area contributed by atoms with E-state index in [0.717, 1.165) is 11.1 Å². The van der Waals surface area contributed by atoms with Crippen LogP contribution in [0.2, 0.25) is 5.02 Å². The van der Waals surface area contributed by atoms with Crippen LogP contribution < -0.4 is 5.73 Å². The smallest absolute Gasteiger partial charge is 0.248 e. The van der Waals surface area contributed by atoms with Crippen LogP contribution in [0.25, 0.3) is 11.4 Å². The fourth-order valence-corrected chi connectivity index (χ4v) is 2.01. The van der Waals surface area contributed by atoms with Crippen molar-refractivity contribution >= 4 is 11.6 Å². The van der Waals surface area contributed by atoms with Crippen LogP contribution in [0.1, 0.15) is 17.5 Å². The van der Waals surface area contributed by atoms with E-state index in [2.05, 4.69) is 10.1 Å². The normalized spacial score (nSPS) is 12.3. The van der Waals surface area contributed by atoms with Gasteiger partial charge in [-0.2, -0.15) is 4.98 Å². The minimum absolute atomic E-state index is 0.390. The second-order valence-corrected chi connectivity index (χ2v) is 4.79. The van der Waals surface area contributed by atoms with Gasteiger partial charge in [0.15, 0.2) is 0 Å². The molecule has 1 atom stereocenters. The first-order chi connectivity index (χ1) is 9.74. The van der Waals surface area contributed by atoms with Gasteiger partial charge < -0.3 is 10.3 Å². The highest BCUT2D eigenvalue weighted by atomic mass is 35.5. The molecule has 0 bridgehead atoms. The van der Waals surface area contributed by atoms with Crippen LogP contribution in [0.5, 0.6) is 0 Å². The van der Waals surface area contributed by atoms with Crippen molar-refractivity contribution in [3.05, 3.63) is 71.1 Å².